The fourth-order valence-corrected chi connectivity index (χ4v) is 1.90. The number of hydrogen-bond acceptors (Lipinski definition) is 3. The number of pyridine rings is 1. The van der Waals surface area contributed by atoms with Gasteiger partial charge in [-0.15, -0.1) is 0 Å². The van der Waals surface area contributed by atoms with Crippen LogP contribution in [0.25, 0.3) is 0 Å². The SMILES string of the molecule is Cc1ccnc(C2COc3ccccc3O2)c1. The van der Waals surface area contributed by atoms with E-state index >= 15 is 0 Å². The van der Waals surface area contributed by atoms with Gasteiger partial charge in [0, 0.05) is 6.20 Å². The maximum absolute atomic E-state index is 5.89. The van der Waals surface area contributed by atoms with Gasteiger partial charge in [0.05, 0.1) is 5.69 Å². The van der Waals surface area contributed by atoms with E-state index in [1.165, 1.54) is 5.56 Å². The zero-order valence-electron chi connectivity index (χ0n) is 9.59. The Morgan fingerprint density at radius 1 is 1.18 bits per heavy atom. The highest BCUT2D eigenvalue weighted by atomic mass is 16.6. The molecular formula is C14H13NO2. The van der Waals surface area contributed by atoms with E-state index in [1.807, 2.05) is 43.3 Å². The number of benzene rings is 1. The summed E-state index contributed by atoms with van der Waals surface area (Å²) in [6.45, 7) is 2.55. The van der Waals surface area contributed by atoms with Crippen molar-refractivity contribution in [1.29, 1.82) is 0 Å². The second-order valence-electron chi connectivity index (χ2n) is 4.12. The normalized spacial score (nSPS) is 17.8. The third-order valence-electron chi connectivity index (χ3n) is 2.78. The van der Waals surface area contributed by atoms with E-state index in [1.54, 1.807) is 6.20 Å². The lowest BCUT2D eigenvalue weighted by molar-refractivity contribution is 0.0883. The molecule has 1 aromatic carbocycles. The molecule has 0 aliphatic carbocycles. The van der Waals surface area contributed by atoms with E-state index in [4.69, 9.17) is 9.47 Å². The van der Waals surface area contributed by atoms with Crippen LogP contribution in [0.2, 0.25) is 0 Å². The van der Waals surface area contributed by atoms with Gasteiger partial charge >= 0.3 is 0 Å². The number of nitrogens with zero attached hydrogens (tertiary/aromatic N) is 1. The number of rotatable bonds is 1. The Labute approximate surface area is 100 Å². The summed E-state index contributed by atoms with van der Waals surface area (Å²) >= 11 is 0. The standard InChI is InChI=1S/C14H13NO2/c1-10-6-7-15-11(8-10)14-9-16-12-4-2-3-5-13(12)17-14/h2-8,14H,9H2,1H3. The zero-order valence-corrected chi connectivity index (χ0v) is 9.59. The number of hydrogen-bond donors (Lipinski definition) is 0. The van der Waals surface area contributed by atoms with Gasteiger partial charge in [-0.05, 0) is 36.8 Å². The Hall–Kier alpha value is -2.03. The quantitative estimate of drug-likeness (QED) is 0.750. The molecule has 1 unspecified atom stereocenters. The van der Waals surface area contributed by atoms with Crippen molar-refractivity contribution in [3.63, 3.8) is 0 Å². The van der Waals surface area contributed by atoms with Crippen molar-refractivity contribution >= 4 is 0 Å². The lowest BCUT2D eigenvalue weighted by Gasteiger charge is -2.26. The van der Waals surface area contributed by atoms with Crippen LogP contribution in [0, 0.1) is 6.92 Å². The Bertz CT molecular complexity index is 539. The maximum atomic E-state index is 5.89. The first kappa shape index (κ1) is 10.1. The monoisotopic (exact) mass is 227 g/mol. The minimum atomic E-state index is -0.121. The lowest BCUT2D eigenvalue weighted by Crippen LogP contribution is -2.22. The van der Waals surface area contributed by atoms with E-state index in [-0.39, 0.29) is 6.10 Å². The summed E-state index contributed by atoms with van der Waals surface area (Å²) < 4.78 is 11.6. The van der Waals surface area contributed by atoms with Gasteiger partial charge in [-0.3, -0.25) is 4.98 Å². The Balaban J connectivity index is 1.89. The van der Waals surface area contributed by atoms with Gasteiger partial charge in [0.15, 0.2) is 17.6 Å². The van der Waals surface area contributed by atoms with Gasteiger partial charge in [0.1, 0.15) is 6.61 Å². The van der Waals surface area contributed by atoms with Crippen molar-refractivity contribution in [2.45, 2.75) is 13.0 Å². The second kappa shape index (κ2) is 4.09. The zero-order chi connectivity index (χ0) is 11.7. The van der Waals surface area contributed by atoms with E-state index in [0.29, 0.717) is 6.61 Å². The molecule has 2 aromatic rings. The van der Waals surface area contributed by atoms with Gasteiger partial charge < -0.3 is 9.47 Å². The average Bonchev–Trinajstić information content (AvgIpc) is 2.38. The number of ether oxygens (including phenoxy) is 2. The third-order valence-corrected chi connectivity index (χ3v) is 2.78. The third kappa shape index (κ3) is 1.96. The van der Waals surface area contributed by atoms with Crippen molar-refractivity contribution in [3.8, 4) is 11.5 Å². The summed E-state index contributed by atoms with van der Waals surface area (Å²) in [7, 11) is 0. The molecule has 3 nitrogen and oxygen atoms in total. The van der Waals surface area contributed by atoms with E-state index in [0.717, 1.165) is 17.2 Å². The molecule has 86 valence electrons. The van der Waals surface area contributed by atoms with Crippen LogP contribution in [0.1, 0.15) is 17.4 Å². The summed E-state index contributed by atoms with van der Waals surface area (Å²) in [6, 6.07) is 11.7. The first-order valence-corrected chi connectivity index (χ1v) is 5.64. The number of para-hydroxylation sites is 2. The molecule has 0 saturated heterocycles. The van der Waals surface area contributed by atoms with Crippen LogP contribution < -0.4 is 9.47 Å². The minimum Gasteiger partial charge on any atom is -0.485 e. The van der Waals surface area contributed by atoms with E-state index < -0.39 is 0 Å². The van der Waals surface area contributed by atoms with E-state index in [9.17, 15) is 0 Å². The van der Waals surface area contributed by atoms with Crippen LogP contribution in [0.5, 0.6) is 11.5 Å². The van der Waals surface area contributed by atoms with Crippen LogP contribution >= 0.6 is 0 Å². The van der Waals surface area contributed by atoms with Gasteiger partial charge in [-0.2, -0.15) is 0 Å². The first-order chi connectivity index (χ1) is 8.33. The summed E-state index contributed by atoms with van der Waals surface area (Å²) in [5.74, 6) is 1.59. The molecule has 0 amide bonds. The molecule has 3 rings (SSSR count). The highest BCUT2D eigenvalue weighted by molar-refractivity contribution is 5.41. The number of fused-ring (bicyclic) bond motifs is 1. The summed E-state index contributed by atoms with van der Waals surface area (Å²) in [5.41, 5.74) is 2.09. The molecule has 0 spiro atoms. The molecule has 0 bridgehead atoms. The number of aryl methyl sites for hydroxylation is 1. The van der Waals surface area contributed by atoms with Crippen LogP contribution in [-0.2, 0) is 0 Å². The molecule has 1 aliphatic rings. The molecule has 1 atom stereocenters. The van der Waals surface area contributed by atoms with Gasteiger partial charge in [0.25, 0.3) is 0 Å². The van der Waals surface area contributed by atoms with Crippen molar-refractivity contribution in [2.75, 3.05) is 6.61 Å². The Kier molecular flexibility index (Phi) is 2.44. The predicted octanol–water partition coefficient (Wildman–Crippen LogP) is 2.90. The lowest BCUT2D eigenvalue weighted by atomic mass is 10.1. The first-order valence-electron chi connectivity index (χ1n) is 5.64. The maximum Gasteiger partial charge on any atom is 0.174 e. The summed E-state index contributed by atoms with van der Waals surface area (Å²) in [4.78, 5) is 4.33. The fraction of sp³-hybridized carbons (Fsp3) is 0.214. The minimum absolute atomic E-state index is 0.121. The largest absolute Gasteiger partial charge is 0.485 e. The second-order valence-corrected chi connectivity index (χ2v) is 4.12. The van der Waals surface area contributed by atoms with Crippen molar-refractivity contribution < 1.29 is 9.47 Å². The topological polar surface area (TPSA) is 31.4 Å². The Morgan fingerprint density at radius 3 is 2.82 bits per heavy atom. The smallest absolute Gasteiger partial charge is 0.174 e. The van der Waals surface area contributed by atoms with E-state index in [2.05, 4.69) is 4.98 Å². The predicted molar refractivity (Wildman–Crippen MR) is 64.3 cm³/mol. The average molecular weight is 227 g/mol. The summed E-state index contributed by atoms with van der Waals surface area (Å²) in [5, 5.41) is 0. The molecule has 0 radical (unpaired) electrons. The molecule has 0 saturated carbocycles. The molecule has 1 aromatic heterocycles. The molecule has 17 heavy (non-hydrogen) atoms. The van der Waals surface area contributed by atoms with Crippen molar-refractivity contribution in [3.05, 3.63) is 53.9 Å². The van der Waals surface area contributed by atoms with Crippen LogP contribution in [-0.4, -0.2) is 11.6 Å². The fourth-order valence-electron chi connectivity index (χ4n) is 1.90. The number of aromatic nitrogens is 1. The highest BCUT2D eigenvalue weighted by Crippen LogP contribution is 2.35. The molecule has 2 heterocycles. The molecule has 0 fully saturated rings. The van der Waals surface area contributed by atoms with Crippen LogP contribution in [0.4, 0.5) is 0 Å². The van der Waals surface area contributed by atoms with Gasteiger partial charge in [-0.25, -0.2) is 0 Å². The highest BCUT2D eigenvalue weighted by Gasteiger charge is 2.23. The van der Waals surface area contributed by atoms with Crippen molar-refractivity contribution in [1.82, 2.24) is 4.98 Å². The van der Waals surface area contributed by atoms with Gasteiger partial charge in [-0.1, -0.05) is 12.1 Å². The Morgan fingerprint density at radius 2 is 2.00 bits per heavy atom. The molecule has 3 heteroatoms. The van der Waals surface area contributed by atoms with Crippen LogP contribution in [0.3, 0.4) is 0 Å². The van der Waals surface area contributed by atoms with Crippen LogP contribution in [0.15, 0.2) is 42.6 Å². The van der Waals surface area contributed by atoms with Crippen molar-refractivity contribution in [2.24, 2.45) is 0 Å². The molecule has 1 aliphatic heterocycles. The summed E-state index contributed by atoms with van der Waals surface area (Å²) in [6.07, 6.45) is 1.68. The van der Waals surface area contributed by atoms with Gasteiger partial charge in [0.2, 0.25) is 0 Å². The molecule has 0 N–H and O–H groups in total. The molecular weight excluding hydrogens is 214 g/mol.